The summed E-state index contributed by atoms with van der Waals surface area (Å²) in [4.78, 5) is 12.3. The van der Waals surface area contributed by atoms with Crippen molar-refractivity contribution in [2.45, 2.75) is 26.2 Å². The van der Waals surface area contributed by atoms with Crippen LogP contribution in [0.1, 0.15) is 34.6 Å². The van der Waals surface area contributed by atoms with Crippen molar-refractivity contribution < 1.29 is 9.18 Å². The largest absolute Gasteiger partial charge is 0.310 e. The van der Waals surface area contributed by atoms with Gasteiger partial charge in [-0.05, 0) is 43.2 Å². The Morgan fingerprint density at radius 2 is 1.92 bits per heavy atom. The van der Waals surface area contributed by atoms with E-state index in [0.29, 0.717) is 12.2 Å². The van der Waals surface area contributed by atoms with Crippen LogP contribution in [0.2, 0.25) is 0 Å². The minimum absolute atomic E-state index is 0.0617. The molecule has 0 spiro atoms. The number of halogens is 1. The van der Waals surface area contributed by atoms with E-state index in [-0.39, 0.29) is 17.6 Å². The summed E-state index contributed by atoms with van der Waals surface area (Å²) in [6.45, 7) is 4.07. The molecule has 1 N–H and O–H groups in total. The molecule has 1 aliphatic heterocycles. The number of benzene rings is 2. The van der Waals surface area contributed by atoms with Crippen molar-refractivity contribution in [2.24, 2.45) is 0 Å². The molecule has 126 valence electrons. The summed E-state index contributed by atoms with van der Waals surface area (Å²) < 4.78 is 15.0. The topological polar surface area (TPSA) is 46.9 Å². The Kier molecular flexibility index (Phi) is 3.64. The molecule has 0 fully saturated rings. The third-order valence-electron chi connectivity index (χ3n) is 4.67. The number of carbonyl (C=O) groups is 1. The van der Waals surface area contributed by atoms with Crippen LogP contribution < -0.4 is 5.32 Å². The molecule has 5 heteroatoms. The maximum atomic E-state index is 13.2. The molecule has 25 heavy (non-hydrogen) atoms. The average molecular weight is 335 g/mol. The Labute approximate surface area is 145 Å². The summed E-state index contributed by atoms with van der Waals surface area (Å²) in [6, 6.07) is 12.4. The quantitative estimate of drug-likeness (QED) is 0.766. The van der Waals surface area contributed by atoms with Crippen LogP contribution in [0.5, 0.6) is 0 Å². The second kappa shape index (κ2) is 5.84. The SMILES string of the molecule is Cc1ccc(-n2ncc3c2NC(=O)CC3c2ccc(F)cc2)c(C)c1. The van der Waals surface area contributed by atoms with Gasteiger partial charge in [-0.3, -0.25) is 4.79 Å². The van der Waals surface area contributed by atoms with Crippen LogP contribution in [0.4, 0.5) is 10.2 Å². The second-order valence-corrected chi connectivity index (χ2v) is 6.51. The van der Waals surface area contributed by atoms with Gasteiger partial charge < -0.3 is 5.32 Å². The van der Waals surface area contributed by atoms with E-state index >= 15 is 0 Å². The fourth-order valence-corrected chi connectivity index (χ4v) is 3.44. The van der Waals surface area contributed by atoms with Crippen molar-refractivity contribution in [3.8, 4) is 5.69 Å². The van der Waals surface area contributed by atoms with Crippen LogP contribution in [0.15, 0.2) is 48.7 Å². The Morgan fingerprint density at radius 1 is 1.16 bits per heavy atom. The van der Waals surface area contributed by atoms with Crippen molar-refractivity contribution in [3.05, 3.63) is 76.7 Å². The number of hydrogen-bond acceptors (Lipinski definition) is 2. The van der Waals surface area contributed by atoms with Gasteiger partial charge >= 0.3 is 0 Å². The molecular formula is C20H18FN3O. The molecule has 1 aliphatic rings. The van der Waals surface area contributed by atoms with Gasteiger partial charge in [-0.1, -0.05) is 29.8 Å². The normalized spacial score (nSPS) is 16.4. The van der Waals surface area contributed by atoms with E-state index in [4.69, 9.17) is 0 Å². The van der Waals surface area contributed by atoms with Crippen molar-refractivity contribution in [2.75, 3.05) is 5.32 Å². The van der Waals surface area contributed by atoms with Crippen LogP contribution >= 0.6 is 0 Å². The predicted octanol–water partition coefficient (Wildman–Crippen LogP) is 4.10. The standard InChI is InChI=1S/C20H18FN3O/c1-12-3-8-18(13(2)9-12)24-20-17(11-22-24)16(10-19(25)23-20)14-4-6-15(21)7-5-14/h3-9,11,16H,10H2,1-2H3,(H,23,25). The fraction of sp³-hybridized carbons (Fsp3) is 0.200. The third-order valence-corrected chi connectivity index (χ3v) is 4.67. The number of nitrogens with zero attached hydrogens (tertiary/aromatic N) is 2. The van der Waals surface area contributed by atoms with Crippen molar-refractivity contribution in [3.63, 3.8) is 0 Å². The lowest BCUT2D eigenvalue weighted by Crippen LogP contribution is -2.24. The van der Waals surface area contributed by atoms with Crippen LogP contribution in [0.3, 0.4) is 0 Å². The van der Waals surface area contributed by atoms with Gasteiger partial charge in [0, 0.05) is 17.9 Å². The molecule has 1 atom stereocenters. The Morgan fingerprint density at radius 3 is 2.64 bits per heavy atom. The molecule has 3 aromatic rings. The molecule has 0 aliphatic carbocycles. The van der Waals surface area contributed by atoms with E-state index in [2.05, 4.69) is 16.5 Å². The Hall–Kier alpha value is -2.95. The number of fused-ring (bicyclic) bond motifs is 1. The molecule has 0 saturated heterocycles. The minimum atomic E-state index is -0.282. The highest BCUT2D eigenvalue weighted by Crippen LogP contribution is 2.38. The van der Waals surface area contributed by atoms with Crippen LogP contribution in [-0.4, -0.2) is 15.7 Å². The molecule has 4 nitrogen and oxygen atoms in total. The van der Waals surface area contributed by atoms with Crippen molar-refractivity contribution in [1.29, 1.82) is 0 Å². The van der Waals surface area contributed by atoms with E-state index in [1.165, 1.54) is 17.7 Å². The smallest absolute Gasteiger partial charge is 0.226 e. The van der Waals surface area contributed by atoms with E-state index < -0.39 is 0 Å². The van der Waals surface area contributed by atoms with E-state index in [1.807, 2.05) is 26.0 Å². The zero-order valence-electron chi connectivity index (χ0n) is 14.1. The lowest BCUT2D eigenvalue weighted by atomic mass is 9.87. The number of anilines is 1. The number of aryl methyl sites for hydroxylation is 2. The van der Waals surface area contributed by atoms with E-state index in [0.717, 1.165) is 22.4 Å². The maximum absolute atomic E-state index is 13.2. The van der Waals surface area contributed by atoms with Gasteiger partial charge in [0.15, 0.2) is 0 Å². The molecule has 1 unspecified atom stereocenters. The summed E-state index contributed by atoms with van der Waals surface area (Å²) >= 11 is 0. The average Bonchev–Trinajstić information content (AvgIpc) is 2.98. The van der Waals surface area contributed by atoms with Crippen molar-refractivity contribution in [1.82, 2.24) is 9.78 Å². The number of carbonyl (C=O) groups excluding carboxylic acids is 1. The molecule has 4 rings (SSSR count). The van der Waals surface area contributed by atoms with Crippen LogP contribution in [-0.2, 0) is 4.79 Å². The second-order valence-electron chi connectivity index (χ2n) is 6.51. The summed E-state index contributed by atoms with van der Waals surface area (Å²) in [5, 5.41) is 7.46. The molecule has 2 heterocycles. The lowest BCUT2D eigenvalue weighted by Gasteiger charge is -2.24. The number of aromatic nitrogens is 2. The number of hydrogen-bond donors (Lipinski definition) is 1. The highest BCUT2D eigenvalue weighted by Gasteiger charge is 2.30. The first-order chi connectivity index (χ1) is 12.0. The van der Waals surface area contributed by atoms with E-state index in [9.17, 15) is 9.18 Å². The summed E-state index contributed by atoms with van der Waals surface area (Å²) in [7, 11) is 0. The van der Waals surface area contributed by atoms with Gasteiger partial charge in [-0.2, -0.15) is 5.10 Å². The van der Waals surface area contributed by atoms with Gasteiger partial charge in [-0.15, -0.1) is 0 Å². The first-order valence-corrected chi connectivity index (χ1v) is 8.24. The summed E-state index contributed by atoms with van der Waals surface area (Å²) in [5.74, 6) is 0.227. The number of nitrogens with one attached hydrogen (secondary N) is 1. The molecule has 1 amide bonds. The zero-order chi connectivity index (χ0) is 17.6. The summed E-state index contributed by atoms with van der Waals surface area (Å²) in [6.07, 6.45) is 2.12. The molecule has 1 aromatic heterocycles. The molecular weight excluding hydrogens is 317 g/mol. The Balaban J connectivity index is 1.82. The number of amides is 1. The highest BCUT2D eigenvalue weighted by molar-refractivity contribution is 5.94. The van der Waals surface area contributed by atoms with Crippen LogP contribution in [0, 0.1) is 19.7 Å². The van der Waals surface area contributed by atoms with Gasteiger partial charge in [0.2, 0.25) is 5.91 Å². The monoisotopic (exact) mass is 335 g/mol. The fourth-order valence-electron chi connectivity index (χ4n) is 3.44. The first kappa shape index (κ1) is 15.6. The van der Waals surface area contributed by atoms with E-state index in [1.54, 1.807) is 23.0 Å². The van der Waals surface area contributed by atoms with Gasteiger partial charge in [0.05, 0.1) is 11.9 Å². The van der Waals surface area contributed by atoms with Crippen LogP contribution in [0.25, 0.3) is 5.69 Å². The first-order valence-electron chi connectivity index (χ1n) is 8.24. The van der Waals surface area contributed by atoms with Gasteiger partial charge in [-0.25, -0.2) is 9.07 Å². The van der Waals surface area contributed by atoms with Gasteiger partial charge in [0.1, 0.15) is 11.6 Å². The lowest BCUT2D eigenvalue weighted by molar-refractivity contribution is -0.116. The third kappa shape index (κ3) is 2.71. The summed E-state index contributed by atoms with van der Waals surface area (Å²) in [5.41, 5.74) is 5.07. The molecule has 0 saturated carbocycles. The predicted molar refractivity (Wildman–Crippen MR) is 94.5 cm³/mol. The van der Waals surface area contributed by atoms with Gasteiger partial charge in [0.25, 0.3) is 0 Å². The Bertz CT molecular complexity index is 960. The zero-order valence-corrected chi connectivity index (χ0v) is 14.1. The maximum Gasteiger partial charge on any atom is 0.226 e. The molecule has 2 aromatic carbocycles. The highest BCUT2D eigenvalue weighted by atomic mass is 19.1. The molecule has 0 bridgehead atoms. The number of rotatable bonds is 2. The molecule has 0 radical (unpaired) electrons. The van der Waals surface area contributed by atoms with Crippen molar-refractivity contribution >= 4 is 11.7 Å². The minimum Gasteiger partial charge on any atom is -0.310 e.